The molecule has 1 aromatic rings. The first kappa shape index (κ1) is 17.6. The molecule has 0 aliphatic carbocycles. The highest BCUT2D eigenvalue weighted by Gasteiger charge is 2.23. The Hall–Kier alpha value is -1.44. The molecule has 0 aromatic heterocycles. The molecule has 0 radical (unpaired) electrons. The van der Waals surface area contributed by atoms with Crippen LogP contribution in [-0.2, 0) is 14.8 Å². The number of likely N-dealkylation sites (N-methyl/N-ethyl adjacent to an activating group) is 1. The summed E-state index contributed by atoms with van der Waals surface area (Å²) in [6.45, 7) is 7.21. The Morgan fingerprint density at radius 2 is 1.86 bits per heavy atom. The number of nitrogens with one attached hydrogen (secondary N) is 3. The molecule has 0 atom stereocenters. The lowest BCUT2D eigenvalue weighted by atomic mass is 10.1. The van der Waals surface area contributed by atoms with Gasteiger partial charge in [0.25, 0.3) is 0 Å². The van der Waals surface area contributed by atoms with Gasteiger partial charge in [-0.15, -0.1) is 0 Å². The smallest absolute Gasteiger partial charge is 0.241 e. The molecule has 0 saturated carbocycles. The first-order valence-electron chi connectivity index (χ1n) is 6.64. The molecule has 1 rings (SSSR count). The summed E-state index contributed by atoms with van der Waals surface area (Å²) >= 11 is 0. The number of amides is 1. The zero-order chi connectivity index (χ0) is 16.3. The van der Waals surface area contributed by atoms with Crippen LogP contribution in [0.15, 0.2) is 23.1 Å². The number of anilines is 1. The van der Waals surface area contributed by atoms with Gasteiger partial charge >= 0.3 is 0 Å². The summed E-state index contributed by atoms with van der Waals surface area (Å²) < 4.78 is 27.4. The maximum absolute atomic E-state index is 12.4. The van der Waals surface area contributed by atoms with Crippen molar-refractivity contribution in [1.82, 2.24) is 10.0 Å². The number of hydrogen-bond donors (Lipinski definition) is 3. The van der Waals surface area contributed by atoms with Crippen LogP contribution in [0.25, 0.3) is 0 Å². The fourth-order valence-corrected chi connectivity index (χ4v) is 3.48. The van der Waals surface area contributed by atoms with Crippen LogP contribution in [0.1, 0.15) is 26.3 Å². The van der Waals surface area contributed by atoms with Gasteiger partial charge in [0.1, 0.15) is 0 Å². The fourth-order valence-electron chi connectivity index (χ4n) is 1.79. The second kappa shape index (κ2) is 6.55. The molecule has 6 nitrogen and oxygen atoms in total. The summed E-state index contributed by atoms with van der Waals surface area (Å²) in [5, 5.41) is 5.38. The minimum atomic E-state index is -3.64. The third-order valence-electron chi connectivity index (χ3n) is 2.54. The van der Waals surface area contributed by atoms with Crippen molar-refractivity contribution in [3.8, 4) is 0 Å². The van der Waals surface area contributed by atoms with Gasteiger partial charge in [-0.2, -0.15) is 0 Å². The van der Waals surface area contributed by atoms with Crippen molar-refractivity contribution < 1.29 is 13.2 Å². The number of aryl methyl sites for hydroxylation is 1. The monoisotopic (exact) mass is 313 g/mol. The lowest BCUT2D eigenvalue weighted by Crippen LogP contribution is -2.40. The lowest BCUT2D eigenvalue weighted by molar-refractivity contribution is -0.115. The fraction of sp³-hybridized carbons (Fsp3) is 0.500. The van der Waals surface area contributed by atoms with E-state index >= 15 is 0 Å². The van der Waals surface area contributed by atoms with E-state index in [0.717, 1.165) is 0 Å². The van der Waals surface area contributed by atoms with Gasteiger partial charge in [0.05, 0.1) is 11.4 Å². The summed E-state index contributed by atoms with van der Waals surface area (Å²) in [5.74, 6) is -0.228. The van der Waals surface area contributed by atoms with E-state index in [9.17, 15) is 13.2 Å². The molecule has 0 aliphatic rings. The van der Waals surface area contributed by atoms with Crippen LogP contribution in [0, 0.1) is 6.92 Å². The second-order valence-electron chi connectivity index (χ2n) is 5.91. The molecule has 0 heterocycles. The highest BCUT2D eigenvalue weighted by molar-refractivity contribution is 7.89. The predicted molar refractivity (Wildman–Crippen MR) is 83.8 cm³/mol. The van der Waals surface area contributed by atoms with Crippen molar-refractivity contribution in [3.05, 3.63) is 23.8 Å². The Morgan fingerprint density at radius 3 is 2.38 bits per heavy atom. The van der Waals surface area contributed by atoms with Gasteiger partial charge in [-0.3, -0.25) is 4.79 Å². The number of benzene rings is 1. The number of hydrogen-bond acceptors (Lipinski definition) is 4. The zero-order valence-corrected chi connectivity index (χ0v) is 13.9. The van der Waals surface area contributed by atoms with Crippen molar-refractivity contribution in [2.24, 2.45) is 0 Å². The van der Waals surface area contributed by atoms with Crippen LogP contribution >= 0.6 is 0 Å². The lowest BCUT2D eigenvalue weighted by Gasteiger charge is -2.21. The average molecular weight is 313 g/mol. The average Bonchev–Trinajstić information content (AvgIpc) is 2.28. The molecule has 21 heavy (non-hydrogen) atoms. The molecular formula is C14H23N3O3S. The molecule has 0 unspecified atom stereocenters. The van der Waals surface area contributed by atoms with E-state index in [0.29, 0.717) is 11.3 Å². The highest BCUT2D eigenvalue weighted by atomic mass is 32.2. The van der Waals surface area contributed by atoms with Crippen LogP contribution in [0.4, 0.5) is 5.69 Å². The Labute approximate surface area is 126 Å². The molecular weight excluding hydrogens is 290 g/mol. The molecule has 118 valence electrons. The van der Waals surface area contributed by atoms with Crippen molar-refractivity contribution in [3.63, 3.8) is 0 Å². The molecule has 1 aromatic carbocycles. The van der Waals surface area contributed by atoms with Crippen LogP contribution in [0.2, 0.25) is 0 Å². The predicted octanol–water partition coefficient (Wildman–Crippen LogP) is 1.23. The van der Waals surface area contributed by atoms with Crippen LogP contribution < -0.4 is 15.4 Å². The molecule has 0 spiro atoms. The third kappa shape index (κ3) is 5.45. The topological polar surface area (TPSA) is 87.3 Å². The normalized spacial score (nSPS) is 12.2. The summed E-state index contributed by atoms with van der Waals surface area (Å²) in [4.78, 5) is 11.7. The first-order valence-corrected chi connectivity index (χ1v) is 8.12. The van der Waals surface area contributed by atoms with Gasteiger partial charge in [0.15, 0.2) is 0 Å². The van der Waals surface area contributed by atoms with Crippen molar-refractivity contribution in [2.75, 3.05) is 18.9 Å². The van der Waals surface area contributed by atoms with Gasteiger partial charge in [0, 0.05) is 11.2 Å². The van der Waals surface area contributed by atoms with E-state index < -0.39 is 15.6 Å². The zero-order valence-electron chi connectivity index (χ0n) is 13.1. The molecule has 0 aliphatic heterocycles. The van der Waals surface area contributed by atoms with Crippen LogP contribution in [0.3, 0.4) is 0 Å². The molecule has 3 N–H and O–H groups in total. The van der Waals surface area contributed by atoms with Gasteiger partial charge in [0.2, 0.25) is 15.9 Å². The summed E-state index contributed by atoms with van der Waals surface area (Å²) in [7, 11) is -1.97. The van der Waals surface area contributed by atoms with E-state index in [1.54, 1.807) is 46.9 Å². The third-order valence-corrected chi connectivity index (χ3v) is 4.44. The molecule has 0 saturated heterocycles. The summed E-state index contributed by atoms with van der Waals surface area (Å²) in [6.07, 6.45) is 0. The van der Waals surface area contributed by atoms with E-state index in [2.05, 4.69) is 15.4 Å². The van der Waals surface area contributed by atoms with Gasteiger partial charge in [-0.1, -0.05) is 6.07 Å². The van der Waals surface area contributed by atoms with E-state index in [1.807, 2.05) is 0 Å². The standard InChI is InChI=1S/C14H23N3O3S/c1-10-6-7-11(16-13(18)9-15-5)8-12(10)21(19,20)17-14(2,3)4/h6-8,15,17H,9H2,1-5H3,(H,16,18). The first-order chi connectivity index (χ1) is 9.55. The number of rotatable bonds is 5. The van der Waals surface area contributed by atoms with Crippen LogP contribution in [0.5, 0.6) is 0 Å². The van der Waals surface area contributed by atoms with Gasteiger partial charge < -0.3 is 10.6 Å². The summed E-state index contributed by atoms with van der Waals surface area (Å²) in [6, 6.07) is 4.82. The van der Waals surface area contributed by atoms with Gasteiger partial charge in [-0.25, -0.2) is 13.1 Å². The van der Waals surface area contributed by atoms with Crippen LogP contribution in [-0.4, -0.2) is 33.5 Å². The number of sulfonamides is 1. The molecule has 7 heteroatoms. The maximum atomic E-state index is 12.4. The Morgan fingerprint density at radius 1 is 1.24 bits per heavy atom. The highest BCUT2D eigenvalue weighted by Crippen LogP contribution is 2.21. The number of carbonyl (C=O) groups excluding carboxylic acids is 1. The van der Waals surface area contributed by atoms with E-state index in [-0.39, 0.29) is 17.3 Å². The SMILES string of the molecule is CNCC(=O)Nc1ccc(C)c(S(=O)(=O)NC(C)(C)C)c1. The minimum absolute atomic E-state index is 0.163. The molecule has 1 amide bonds. The Kier molecular flexibility index (Phi) is 5.49. The van der Waals surface area contributed by atoms with Crippen molar-refractivity contribution in [1.29, 1.82) is 0 Å². The van der Waals surface area contributed by atoms with E-state index in [4.69, 9.17) is 0 Å². The van der Waals surface area contributed by atoms with E-state index in [1.165, 1.54) is 6.07 Å². The Balaban J connectivity index is 3.10. The Bertz CT molecular complexity index is 619. The molecule has 0 bridgehead atoms. The van der Waals surface area contributed by atoms with Crippen molar-refractivity contribution in [2.45, 2.75) is 38.1 Å². The second-order valence-corrected chi connectivity index (χ2v) is 7.57. The minimum Gasteiger partial charge on any atom is -0.325 e. The summed E-state index contributed by atoms with van der Waals surface area (Å²) in [5.41, 5.74) is 0.505. The largest absolute Gasteiger partial charge is 0.325 e. The maximum Gasteiger partial charge on any atom is 0.241 e. The number of carbonyl (C=O) groups is 1. The molecule has 0 fully saturated rings. The van der Waals surface area contributed by atoms with Gasteiger partial charge in [-0.05, 0) is 52.4 Å². The van der Waals surface area contributed by atoms with Crippen molar-refractivity contribution >= 4 is 21.6 Å². The quantitative estimate of drug-likeness (QED) is 0.763.